The molecule has 1 aliphatic rings. The van der Waals surface area contributed by atoms with Crippen LogP contribution >= 0.6 is 11.3 Å². The van der Waals surface area contributed by atoms with Crippen molar-refractivity contribution in [2.75, 3.05) is 0 Å². The van der Waals surface area contributed by atoms with E-state index in [0.717, 1.165) is 51.2 Å². The molecular weight excluding hydrogens is 723 g/mol. The Kier molecular flexibility index (Phi) is 8.19. The first-order valence-electron chi connectivity index (χ1n) is 19.8. The second-order valence-corrected chi connectivity index (χ2v) is 16.3. The van der Waals surface area contributed by atoms with Gasteiger partial charge in [0.05, 0.1) is 0 Å². The molecule has 0 amide bonds. The monoisotopic (exact) mass is 759 g/mol. The van der Waals surface area contributed by atoms with E-state index in [4.69, 9.17) is 10.2 Å². The van der Waals surface area contributed by atoms with E-state index < -0.39 is 0 Å². The predicted octanol–water partition coefficient (Wildman–Crippen LogP) is 14.4. The number of rotatable bonds is 6. The summed E-state index contributed by atoms with van der Waals surface area (Å²) in [5.74, 6) is 0. The highest BCUT2D eigenvalue weighted by Gasteiger charge is 2.30. The summed E-state index contributed by atoms with van der Waals surface area (Å²) in [4.78, 5) is 0. The average Bonchev–Trinajstić information content (AvgIpc) is 3.85. The molecule has 3 nitrogen and oxygen atoms in total. The molecule has 2 aromatic heterocycles. The number of aromatic nitrogens is 3. The van der Waals surface area contributed by atoms with Gasteiger partial charge in [-0.1, -0.05) is 164 Å². The molecule has 0 fully saturated rings. The second kappa shape index (κ2) is 13.9. The quantitative estimate of drug-likeness (QED) is 0.169. The van der Waals surface area contributed by atoms with Crippen molar-refractivity contribution < 1.29 is 0 Å². The lowest BCUT2D eigenvalue weighted by Gasteiger charge is -2.23. The highest BCUT2D eigenvalue weighted by Crippen LogP contribution is 2.52. The minimum atomic E-state index is 0.825. The SMILES string of the molecule is Cc1cc2c(c(-c3c(-c4ccccc4)nnnc3-c3cccc(-c4ccccc4-c4ccccc4)c3-c3cccc4sc5ccccc5c34)c1C)Cc1ccccc1-2. The fourth-order valence-corrected chi connectivity index (χ4v) is 10.4. The fraction of sp³-hybridized carbons (Fsp3) is 0.0556. The zero-order valence-corrected chi connectivity index (χ0v) is 33.0. The van der Waals surface area contributed by atoms with Crippen molar-refractivity contribution in [2.24, 2.45) is 0 Å². The Morgan fingerprint density at radius 1 is 0.431 bits per heavy atom. The van der Waals surface area contributed by atoms with Crippen LogP contribution in [0.2, 0.25) is 0 Å². The van der Waals surface area contributed by atoms with Crippen LogP contribution < -0.4 is 0 Å². The summed E-state index contributed by atoms with van der Waals surface area (Å²) in [6.07, 6.45) is 0.843. The number of hydrogen-bond acceptors (Lipinski definition) is 4. The first kappa shape index (κ1) is 34.3. The van der Waals surface area contributed by atoms with Gasteiger partial charge in [-0.15, -0.1) is 21.5 Å². The van der Waals surface area contributed by atoms with E-state index in [1.54, 1.807) is 0 Å². The average molecular weight is 760 g/mol. The third-order valence-electron chi connectivity index (χ3n) is 12.0. The summed E-state index contributed by atoms with van der Waals surface area (Å²) >= 11 is 1.85. The first-order valence-corrected chi connectivity index (χ1v) is 20.6. The van der Waals surface area contributed by atoms with Crippen molar-refractivity contribution in [1.82, 2.24) is 15.4 Å². The first-order chi connectivity index (χ1) is 28.6. The van der Waals surface area contributed by atoms with Crippen molar-refractivity contribution >= 4 is 31.5 Å². The maximum Gasteiger partial charge on any atom is 0.105 e. The molecule has 1 aliphatic carbocycles. The number of benzene rings is 8. The summed E-state index contributed by atoms with van der Waals surface area (Å²) < 4.78 is 2.53. The van der Waals surface area contributed by atoms with E-state index in [1.165, 1.54) is 75.8 Å². The highest BCUT2D eigenvalue weighted by atomic mass is 32.1. The maximum atomic E-state index is 5.13. The van der Waals surface area contributed by atoms with Crippen LogP contribution in [-0.2, 0) is 6.42 Å². The summed E-state index contributed by atoms with van der Waals surface area (Å²) in [6, 6.07) is 63.5. The summed E-state index contributed by atoms with van der Waals surface area (Å²) in [6.45, 7) is 4.50. The standard InChI is InChI=1S/C54H37N3S/c1-33-31-45-39-23-10-9-21-37(39)32-46(45)49(34(33)2)52-53(36-19-7-4-8-20-36)55-57-56-54(52)44-28-15-26-41(40-24-12-11-22-38(40)35-17-5-3-6-18-35)50(44)43-27-16-30-48-51(43)42-25-13-14-29-47(42)58-48/h3-31H,32H2,1-2H3. The van der Waals surface area contributed by atoms with Gasteiger partial charge in [-0.25, -0.2) is 0 Å². The van der Waals surface area contributed by atoms with Crippen molar-refractivity contribution in [3.8, 4) is 78.1 Å². The van der Waals surface area contributed by atoms with E-state index in [1.807, 2.05) is 11.3 Å². The van der Waals surface area contributed by atoms with Crippen LogP contribution in [0.15, 0.2) is 176 Å². The molecule has 0 unspecified atom stereocenters. The zero-order chi connectivity index (χ0) is 38.7. The maximum absolute atomic E-state index is 5.13. The van der Waals surface area contributed by atoms with E-state index in [9.17, 15) is 0 Å². The van der Waals surface area contributed by atoms with Gasteiger partial charge in [-0.05, 0) is 110 Å². The zero-order valence-electron chi connectivity index (χ0n) is 32.2. The van der Waals surface area contributed by atoms with E-state index in [0.29, 0.717) is 0 Å². The Bertz CT molecular complexity index is 3220. The number of nitrogens with zero attached hydrogens (tertiary/aromatic N) is 3. The molecule has 2 heterocycles. The van der Waals surface area contributed by atoms with Gasteiger partial charge < -0.3 is 0 Å². The summed E-state index contributed by atoms with van der Waals surface area (Å²) in [5, 5.41) is 17.2. The van der Waals surface area contributed by atoms with Crippen molar-refractivity contribution in [1.29, 1.82) is 0 Å². The van der Waals surface area contributed by atoms with Crippen LogP contribution in [0.5, 0.6) is 0 Å². The van der Waals surface area contributed by atoms with Gasteiger partial charge >= 0.3 is 0 Å². The van der Waals surface area contributed by atoms with Crippen molar-refractivity contribution in [3.05, 3.63) is 198 Å². The predicted molar refractivity (Wildman–Crippen MR) is 243 cm³/mol. The Morgan fingerprint density at radius 3 is 1.86 bits per heavy atom. The van der Waals surface area contributed by atoms with Crippen LogP contribution in [0.3, 0.4) is 0 Å². The lowest BCUT2D eigenvalue weighted by molar-refractivity contribution is 0.878. The van der Waals surface area contributed by atoms with E-state index in [2.05, 4.69) is 195 Å². The molecule has 0 saturated heterocycles. The van der Waals surface area contributed by atoms with Crippen LogP contribution in [0.4, 0.5) is 0 Å². The summed E-state index contributed by atoms with van der Waals surface area (Å²) in [5.41, 5.74) is 20.6. The molecule has 4 heteroatoms. The molecule has 0 atom stereocenters. The number of fused-ring (bicyclic) bond motifs is 6. The molecule has 10 aromatic rings. The molecule has 0 spiro atoms. The molecule has 0 N–H and O–H groups in total. The molecule has 274 valence electrons. The van der Waals surface area contributed by atoms with Crippen molar-refractivity contribution in [2.45, 2.75) is 20.3 Å². The topological polar surface area (TPSA) is 38.7 Å². The van der Waals surface area contributed by atoms with Gasteiger partial charge in [0.1, 0.15) is 11.4 Å². The Morgan fingerprint density at radius 2 is 1.03 bits per heavy atom. The lowest BCUT2D eigenvalue weighted by atomic mass is 9.81. The fourth-order valence-electron chi connectivity index (χ4n) is 9.24. The largest absolute Gasteiger partial charge is 0.135 e. The Balaban J connectivity index is 1.29. The van der Waals surface area contributed by atoms with Gasteiger partial charge in [0.15, 0.2) is 0 Å². The van der Waals surface area contributed by atoms with Gasteiger partial charge in [0.2, 0.25) is 0 Å². The normalized spacial score (nSPS) is 11.9. The molecular formula is C54H37N3S. The van der Waals surface area contributed by atoms with Crippen LogP contribution in [0, 0.1) is 13.8 Å². The van der Waals surface area contributed by atoms with Crippen LogP contribution in [0.25, 0.3) is 98.3 Å². The molecule has 8 aromatic carbocycles. The van der Waals surface area contributed by atoms with Gasteiger partial charge in [-0.3, -0.25) is 0 Å². The molecule has 11 rings (SSSR count). The number of thiophene rings is 1. The van der Waals surface area contributed by atoms with Crippen LogP contribution in [0.1, 0.15) is 22.3 Å². The third-order valence-corrected chi connectivity index (χ3v) is 13.1. The van der Waals surface area contributed by atoms with E-state index in [-0.39, 0.29) is 0 Å². The molecule has 0 saturated carbocycles. The molecule has 58 heavy (non-hydrogen) atoms. The van der Waals surface area contributed by atoms with Gasteiger partial charge in [-0.2, -0.15) is 0 Å². The molecule has 0 aliphatic heterocycles. The Hall–Kier alpha value is -7.01. The minimum absolute atomic E-state index is 0.825. The smallest absolute Gasteiger partial charge is 0.105 e. The van der Waals surface area contributed by atoms with Gasteiger partial charge in [0.25, 0.3) is 0 Å². The summed E-state index contributed by atoms with van der Waals surface area (Å²) in [7, 11) is 0. The molecule has 0 radical (unpaired) electrons. The van der Waals surface area contributed by atoms with Crippen molar-refractivity contribution in [3.63, 3.8) is 0 Å². The number of aryl methyl sites for hydroxylation is 1. The van der Waals surface area contributed by atoms with Crippen LogP contribution in [-0.4, -0.2) is 15.4 Å². The minimum Gasteiger partial charge on any atom is -0.135 e. The lowest BCUT2D eigenvalue weighted by Crippen LogP contribution is -2.05. The number of hydrogen-bond donors (Lipinski definition) is 0. The highest BCUT2D eigenvalue weighted by molar-refractivity contribution is 7.25. The molecule has 0 bridgehead atoms. The van der Waals surface area contributed by atoms with E-state index >= 15 is 0 Å². The van der Waals surface area contributed by atoms with Gasteiger partial charge in [0, 0.05) is 36.9 Å². The third kappa shape index (κ3) is 5.44. The Labute approximate surface area is 342 Å². The second-order valence-electron chi connectivity index (χ2n) is 15.2.